The zero-order valence-corrected chi connectivity index (χ0v) is 14.8. The van der Waals surface area contributed by atoms with Gasteiger partial charge in [0.1, 0.15) is 17.3 Å². The lowest BCUT2D eigenvalue weighted by Gasteiger charge is -2.09. The molecule has 3 rings (SSSR count). The highest BCUT2D eigenvalue weighted by Gasteiger charge is 2.11. The van der Waals surface area contributed by atoms with Gasteiger partial charge in [-0.3, -0.25) is 9.59 Å². The van der Waals surface area contributed by atoms with Crippen LogP contribution in [0.25, 0.3) is 0 Å². The summed E-state index contributed by atoms with van der Waals surface area (Å²) in [7, 11) is 0. The minimum absolute atomic E-state index is 0.0790. The van der Waals surface area contributed by atoms with Crippen LogP contribution in [0.3, 0.4) is 0 Å². The van der Waals surface area contributed by atoms with Crippen LogP contribution in [-0.2, 0) is 4.79 Å². The molecule has 1 heterocycles. The highest BCUT2D eigenvalue weighted by atomic mass is 19.1. The number of hydrogen-bond acceptors (Lipinski definition) is 4. The van der Waals surface area contributed by atoms with Gasteiger partial charge in [-0.1, -0.05) is 0 Å². The Hall–Kier alpha value is -3.81. The van der Waals surface area contributed by atoms with E-state index in [1.54, 1.807) is 30.3 Å². The number of carbonyl (C=O) groups is 2. The van der Waals surface area contributed by atoms with Crippen molar-refractivity contribution in [3.05, 3.63) is 78.1 Å². The van der Waals surface area contributed by atoms with Crippen LogP contribution in [0.2, 0.25) is 0 Å². The molecule has 28 heavy (non-hydrogen) atoms. The van der Waals surface area contributed by atoms with Crippen LogP contribution in [0.15, 0.2) is 60.8 Å². The fraction of sp³-hybridized carbons (Fsp3) is 0.0500. The van der Waals surface area contributed by atoms with E-state index >= 15 is 0 Å². The van der Waals surface area contributed by atoms with Gasteiger partial charge in [0.15, 0.2) is 0 Å². The van der Waals surface area contributed by atoms with Gasteiger partial charge in [-0.25, -0.2) is 13.8 Å². The first-order chi connectivity index (χ1) is 13.4. The molecule has 0 saturated heterocycles. The molecule has 0 aliphatic carbocycles. The summed E-state index contributed by atoms with van der Waals surface area (Å²) in [5.74, 6) is -2.36. The molecule has 2 aromatic carbocycles. The minimum atomic E-state index is -0.866. The Morgan fingerprint density at radius 1 is 0.857 bits per heavy atom. The number of amides is 2. The SMILES string of the molecule is CC(=O)Nc1ccc(Nc2ccc(C(=O)Nc3ccc(F)cc3F)nc2)cc1. The van der Waals surface area contributed by atoms with Crippen molar-refractivity contribution < 1.29 is 18.4 Å². The highest BCUT2D eigenvalue weighted by Crippen LogP contribution is 2.19. The predicted octanol–water partition coefficient (Wildman–Crippen LogP) is 4.31. The van der Waals surface area contributed by atoms with Gasteiger partial charge in [0.2, 0.25) is 5.91 Å². The molecule has 2 amide bonds. The number of nitrogens with one attached hydrogen (secondary N) is 3. The number of rotatable bonds is 5. The van der Waals surface area contributed by atoms with Gasteiger partial charge in [0.25, 0.3) is 5.91 Å². The maximum absolute atomic E-state index is 13.6. The summed E-state index contributed by atoms with van der Waals surface area (Å²) in [4.78, 5) is 27.2. The van der Waals surface area contributed by atoms with Gasteiger partial charge >= 0.3 is 0 Å². The van der Waals surface area contributed by atoms with Crippen LogP contribution in [-0.4, -0.2) is 16.8 Å². The number of anilines is 4. The molecule has 0 bridgehead atoms. The van der Waals surface area contributed by atoms with E-state index in [1.807, 2.05) is 0 Å². The molecule has 0 saturated carbocycles. The molecule has 0 atom stereocenters. The molecule has 3 N–H and O–H groups in total. The molecule has 0 spiro atoms. The smallest absolute Gasteiger partial charge is 0.274 e. The molecule has 1 aromatic heterocycles. The van der Waals surface area contributed by atoms with E-state index in [0.29, 0.717) is 17.4 Å². The monoisotopic (exact) mass is 382 g/mol. The Morgan fingerprint density at radius 2 is 1.54 bits per heavy atom. The van der Waals surface area contributed by atoms with Crippen LogP contribution >= 0.6 is 0 Å². The van der Waals surface area contributed by atoms with Crippen LogP contribution in [0.1, 0.15) is 17.4 Å². The Labute approximate surface area is 159 Å². The topological polar surface area (TPSA) is 83.1 Å². The third-order valence-electron chi connectivity index (χ3n) is 3.67. The number of pyridine rings is 1. The number of nitrogens with zero attached hydrogens (tertiary/aromatic N) is 1. The summed E-state index contributed by atoms with van der Waals surface area (Å²) in [5, 5.41) is 8.13. The number of carbonyl (C=O) groups excluding carboxylic acids is 2. The lowest BCUT2D eigenvalue weighted by Crippen LogP contribution is -2.14. The first-order valence-corrected chi connectivity index (χ1v) is 8.28. The molecular weight excluding hydrogens is 366 g/mol. The van der Waals surface area contributed by atoms with E-state index in [9.17, 15) is 18.4 Å². The van der Waals surface area contributed by atoms with Crippen molar-refractivity contribution in [1.29, 1.82) is 0 Å². The first kappa shape index (κ1) is 19.0. The van der Waals surface area contributed by atoms with E-state index in [4.69, 9.17) is 0 Å². The minimum Gasteiger partial charge on any atom is -0.354 e. The van der Waals surface area contributed by atoms with Gasteiger partial charge in [0.05, 0.1) is 17.6 Å². The number of hydrogen-bond donors (Lipinski definition) is 3. The average Bonchev–Trinajstić information content (AvgIpc) is 2.66. The molecule has 0 aliphatic rings. The zero-order chi connectivity index (χ0) is 20.1. The second-order valence-electron chi connectivity index (χ2n) is 5.89. The van der Waals surface area contributed by atoms with Crippen molar-refractivity contribution in [2.24, 2.45) is 0 Å². The van der Waals surface area contributed by atoms with Crippen molar-refractivity contribution in [2.75, 3.05) is 16.0 Å². The summed E-state index contributed by atoms with van der Waals surface area (Å²) < 4.78 is 26.5. The molecule has 6 nitrogen and oxygen atoms in total. The van der Waals surface area contributed by atoms with Gasteiger partial charge < -0.3 is 16.0 Å². The normalized spacial score (nSPS) is 10.2. The molecule has 0 fully saturated rings. The Morgan fingerprint density at radius 3 is 2.14 bits per heavy atom. The number of benzene rings is 2. The van der Waals surface area contributed by atoms with Crippen LogP contribution < -0.4 is 16.0 Å². The van der Waals surface area contributed by atoms with E-state index in [0.717, 1.165) is 17.8 Å². The van der Waals surface area contributed by atoms with Crippen molar-refractivity contribution in [3.63, 3.8) is 0 Å². The molecule has 0 unspecified atom stereocenters. The second-order valence-corrected chi connectivity index (χ2v) is 5.89. The summed E-state index contributed by atoms with van der Waals surface area (Å²) in [6.07, 6.45) is 1.46. The van der Waals surface area contributed by atoms with Gasteiger partial charge in [-0.05, 0) is 48.5 Å². The molecule has 0 aliphatic heterocycles. The van der Waals surface area contributed by atoms with Crippen LogP contribution in [0, 0.1) is 11.6 Å². The first-order valence-electron chi connectivity index (χ1n) is 8.28. The fourth-order valence-electron chi connectivity index (χ4n) is 2.39. The van der Waals surface area contributed by atoms with E-state index in [2.05, 4.69) is 20.9 Å². The average molecular weight is 382 g/mol. The van der Waals surface area contributed by atoms with Gasteiger partial charge in [-0.15, -0.1) is 0 Å². The maximum atomic E-state index is 13.6. The van der Waals surface area contributed by atoms with Crippen molar-refractivity contribution in [1.82, 2.24) is 4.98 Å². The van der Waals surface area contributed by atoms with E-state index < -0.39 is 17.5 Å². The van der Waals surface area contributed by atoms with E-state index in [-0.39, 0.29) is 17.3 Å². The second kappa shape index (κ2) is 8.26. The van der Waals surface area contributed by atoms with Crippen LogP contribution in [0.4, 0.5) is 31.5 Å². The highest BCUT2D eigenvalue weighted by molar-refractivity contribution is 6.03. The number of halogens is 2. The quantitative estimate of drug-likeness (QED) is 0.614. The largest absolute Gasteiger partial charge is 0.354 e. The Bertz CT molecular complexity index is 1010. The number of aromatic nitrogens is 1. The van der Waals surface area contributed by atoms with Crippen molar-refractivity contribution >= 4 is 34.6 Å². The summed E-state index contributed by atoms with van der Waals surface area (Å²) >= 11 is 0. The summed E-state index contributed by atoms with van der Waals surface area (Å²) in [6.45, 7) is 1.43. The van der Waals surface area contributed by atoms with Crippen molar-refractivity contribution in [3.8, 4) is 0 Å². The predicted molar refractivity (Wildman–Crippen MR) is 103 cm³/mol. The molecule has 3 aromatic rings. The van der Waals surface area contributed by atoms with Crippen LogP contribution in [0.5, 0.6) is 0 Å². The summed E-state index contributed by atoms with van der Waals surface area (Å²) in [5.41, 5.74) is 2.03. The maximum Gasteiger partial charge on any atom is 0.274 e. The molecule has 0 radical (unpaired) electrons. The standard InChI is InChI=1S/C20H16F2N4O2/c1-12(27)24-14-3-5-15(6-4-14)25-16-7-9-19(23-11-16)20(28)26-18-8-2-13(21)10-17(18)22/h2-11,25H,1H3,(H,24,27)(H,26,28). The molecular formula is C20H16F2N4O2. The Balaban J connectivity index is 1.64. The summed E-state index contributed by atoms with van der Waals surface area (Å²) in [6, 6.07) is 13.1. The zero-order valence-electron chi connectivity index (χ0n) is 14.8. The molecule has 8 heteroatoms. The van der Waals surface area contributed by atoms with E-state index in [1.165, 1.54) is 19.2 Å². The fourth-order valence-corrected chi connectivity index (χ4v) is 2.39. The third-order valence-corrected chi connectivity index (χ3v) is 3.67. The molecule has 142 valence electrons. The lowest BCUT2D eigenvalue weighted by molar-refractivity contribution is -0.114. The van der Waals surface area contributed by atoms with Gasteiger partial charge in [0, 0.05) is 24.4 Å². The lowest BCUT2D eigenvalue weighted by atomic mass is 10.2. The third kappa shape index (κ3) is 4.88. The van der Waals surface area contributed by atoms with Crippen molar-refractivity contribution in [2.45, 2.75) is 6.92 Å². The Kier molecular flexibility index (Phi) is 5.59. The van der Waals surface area contributed by atoms with Gasteiger partial charge in [-0.2, -0.15) is 0 Å².